The lowest BCUT2D eigenvalue weighted by Gasteiger charge is -2.13. The highest BCUT2D eigenvalue weighted by atomic mass is 35.5. The van der Waals surface area contributed by atoms with E-state index in [0.717, 1.165) is 17.2 Å². The number of carbonyl (C=O) groups excluding carboxylic acids is 1. The number of nitrogens with zero attached hydrogens (tertiary/aromatic N) is 1. The van der Waals surface area contributed by atoms with Crippen LogP contribution in [0.1, 0.15) is 23.7 Å². The summed E-state index contributed by atoms with van der Waals surface area (Å²) in [5.41, 5.74) is 0.538. The van der Waals surface area contributed by atoms with Crippen LogP contribution in [-0.2, 0) is 0 Å². The summed E-state index contributed by atoms with van der Waals surface area (Å²) in [6, 6.07) is 7.52. The second-order valence-electron chi connectivity index (χ2n) is 4.41. The number of fused-ring (bicyclic) bond motifs is 1. The number of aromatic nitrogens is 1. The normalized spacial score (nSPS) is 12.1. The molecule has 98 valence electrons. The smallest absolute Gasteiger partial charge is 0.253 e. The number of hydrogen-bond donors (Lipinski definition) is 1. The van der Waals surface area contributed by atoms with Crippen LogP contribution in [0.15, 0.2) is 43.1 Å². The molecule has 1 aromatic heterocycles. The van der Waals surface area contributed by atoms with Gasteiger partial charge in [0.15, 0.2) is 0 Å². The molecule has 0 saturated heterocycles. The number of nitrogens with one attached hydrogen (secondary N) is 1. The molecule has 1 aromatic carbocycles. The van der Waals surface area contributed by atoms with Crippen molar-refractivity contribution in [1.29, 1.82) is 0 Å². The number of benzene rings is 1. The number of carbonyl (C=O) groups is 1. The van der Waals surface area contributed by atoms with Gasteiger partial charge in [0, 0.05) is 17.6 Å². The van der Waals surface area contributed by atoms with Crippen molar-refractivity contribution in [3.8, 4) is 0 Å². The van der Waals surface area contributed by atoms with E-state index in [2.05, 4.69) is 16.9 Å². The maximum absolute atomic E-state index is 12.2. The molecule has 0 aliphatic rings. The molecule has 1 amide bonds. The van der Waals surface area contributed by atoms with Crippen LogP contribution in [0.4, 0.5) is 0 Å². The first-order valence-electron chi connectivity index (χ1n) is 6.08. The molecule has 3 nitrogen and oxygen atoms in total. The minimum absolute atomic E-state index is 0.0411. The number of halogens is 1. The Morgan fingerprint density at radius 3 is 2.84 bits per heavy atom. The van der Waals surface area contributed by atoms with Gasteiger partial charge >= 0.3 is 0 Å². The quantitative estimate of drug-likeness (QED) is 0.684. The van der Waals surface area contributed by atoms with Crippen molar-refractivity contribution in [2.45, 2.75) is 19.4 Å². The first-order valence-corrected chi connectivity index (χ1v) is 6.46. The summed E-state index contributed by atoms with van der Waals surface area (Å²) in [4.78, 5) is 16.3. The Balaban J connectivity index is 2.37. The SMILES string of the molecule is C=CCC(C)NC(=O)c1cnc(Cl)c2ccccc12. The lowest BCUT2D eigenvalue weighted by Crippen LogP contribution is -2.32. The zero-order chi connectivity index (χ0) is 13.8. The highest BCUT2D eigenvalue weighted by Crippen LogP contribution is 2.24. The summed E-state index contributed by atoms with van der Waals surface area (Å²) in [6.07, 6.45) is 4.02. The van der Waals surface area contributed by atoms with Gasteiger partial charge in [-0.25, -0.2) is 4.98 Å². The maximum atomic E-state index is 12.2. The summed E-state index contributed by atoms with van der Waals surface area (Å²) in [6.45, 7) is 5.60. The largest absolute Gasteiger partial charge is 0.349 e. The average molecular weight is 275 g/mol. The minimum Gasteiger partial charge on any atom is -0.349 e. The van der Waals surface area contributed by atoms with Gasteiger partial charge in [0.05, 0.1) is 5.56 Å². The molecule has 2 aromatic rings. The lowest BCUT2D eigenvalue weighted by atomic mass is 10.1. The van der Waals surface area contributed by atoms with Crippen molar-refractivity contribution in [1.82, 2.24) is 10.3 Å². The fraction of sp³-hybridized carbons (Fsp3) is 0.200. The molecule has 2 rings (SSSR count). The lowest BCUT2D eigenvalue weighted by molar-refractivity contribution is 0.0942. The zero-order valence-corrected chi connectivity index (χ0v) is 11.4. The minimum atomic E-state index is -0.144. The Kier molecular flexibility index (Phi) is 4.17. The topological polar surface area (TPSA) is 42.0 Å². The Hall–Kier alpha value is -1.87. The van der Waals surface area contributed by atoms with Gasteiger partial charge in [-0.1, -0.05) is 41.9 Å². The van der Waals surface area contributed by atoms with Crippen LogP contribution < -0.4 is 5.32 Å². The van der Waals surface area contributed by atoms with E-state index in [0.29, 0.717) is 10.7 Å². The number of amides is 1. The van der Waals surface area contributed by atoms with Gasteiger partial charge in [0.2, 0.25) is 0 Å². The Morgan fingerprint density at radius 1 is 1.47 bits per heavy atom. The molecule has 0 aliphatic heterocycles. The molecule has 0 spiro atoms. The Labute approximate surface area is 117 Å². The van der Waals surface area contributed by atoms with Gasteiger partial charge in [-0.3, -0.25) is 4.79 Å². The highest BCUT2D eigenvalue weighted by Gasteiger charge is 2.14. The maximum Gasteiger partial charge on any atom is 0.253 e. The summed E-state index contributed by atoms with van der Waals surface area (Å²) < 4.78 is 0. The van der Waals surface area contributed by atoms with E-state index in [1.165, 1.54) is 6.20 Å². The van der Waals surface area contributed by atoms with Crippen molar-refractivity contribution < 1.29 is 4.79 Å². The molecule has 0 radical (unpaired) electrons. The van der Waals surface area contributed by atoms with Crippen LogP contribution in [0.2, 0.25) is 5.15 Å². The number of rotatable bonds is 4. The molecule has 0 bridgehead atoms. The molecule has 1 N–H and O–H groups in total. The third-order valence-electron chi connectivity index (χ3n) is 2.89. The van der Waals surface area contributed by atoms with Gasteiger partial charge in [0.1, 0.15) is 5.15 Å². The van der Waals surface area contributed by atoms with Crippen molar-refractivity contribution in [2.24, 2.45) is 0 Å². The van der Waals surface area contributed by atoms with Gasteiger partial charge in [-0.05, 0) is 18.7 Å². The van der Waals surface area contributed by atoms with Crippen molar-refractivity contribution in [3.05, 3.63) is 53.8 Å². The third kappa shape index (κ3) is 2.93. The summed E-state index contributed by atoms with van der Waals surface area (Å²) in [5.74, 6) is -0.144. The van der Waals surface area contributed by atoms with Crippen LogP contribution in [0.25, 0.3) is 10.8 Å². The second kappa shape index (κ2) is 5.85. The number of pyridine rings is 1. The predicted molar refractivity (Wildman–Crippen MR) is 78.5 cm³/mol. The van der Waals surface area contributed by atoms with Crippen molar-refractivity contribution in [3.63, 3.8) is 0 Å². The monoisotopic (exact) mass is 274 g/mol. The van der Waals surface area contributed by atoms with E-state index in [9.17, 15) is 4.79 Å². The van der Waals surface area contributed by atoms with E-state index in [1.807, 2.05) is 31.2 Å². The molecule has 0 aliphatic carbocycles. The molecular weight excluding hydrogens is 260 g/mol. The first-order chi connectivity index (χ1) is 9.13. The predicted octanol–water partition coefficient (Wildman–Crippen LogP) is 3.58. The summed E-state index contributed by atoms with van der Waals surface area (Å²) in [7, 11) is 0. The number of hydrogen-bond acceptors (Lipinski definition) is 2. The first kappa shape index (κ1) is 13.6. The van der Waals surface area contributed by atoms with E-state index < -0.39 is 0 Å². The van der Waals surface area contributed by atoms with Gasteiger partial charge < -0.3 is 5.32 Å². The van der Waals surface area contributed by atoms with Gasteiger partial charge in [-0.2, -0.15) is 0 Å². The second-order valence-corrected chi connectivity index (χ2v) is 4.77. The van der Waals surface area contributed by atoms with Crippen LogP contribution >= 0.6 is 11.6 Å². The van der Waals surface area contributed by atoms with Crippen LogP contribution in [0, 0.1) is 0 Å². The van der Waals surface area contributed by atoms with Gasteiger partial charge in [0.25, 0.3) is 5.91 Å². The molecule has 1 atom stereocenters. The summed E-state index contributed by atoms with van der Waals surface area (Å²) in [5, 5.41) is 4.92. The van der Waals surface area contributed by atoms with E-state index in [4.69, 9.17) is 11.6 Å². The molecule has 0 fully saturated rings. The standard InChI is InChI=1S/C15H15ClN2O/c1-3-6-10(2)18-15(19)13-9-17-14(16)12-8-5-4-7-11(12)13/h3-5,7-10H,1,6H2,2H3,(H,18,19). The van der Waals surface area contributed by atoms with Crippen LogP contribution in [0.3, 0.4) is 0 Å². The van der Waals surface area contributed by atoms with E-state index >= 15 is 0 Å². The molecule has 1 unspecified atom stereocenters. The molecule has 1 heterocycles. The fourth-order valence-corrected chi connectivity index (χ4v) is 2.16. The van der Waals surface area contributed by atoms with E-state index in [-0.39, 0.29) is 11.9 Å². The molecular formula is C15H15ClN2O. The Morgan fingerprint density at radius 2 is 2.16 bits per heavy atom. The van der Waals surface area contributed by atoms with E-state index in [1.54, 1.807) is 6.08 Å². The van der Waals surface area contributed by atoms with Crippen LogP contribution in [-0.4, -0.2) is 16.9 Å². The van der Waals surface area contributed by atoms with Gasteiger partial charge in [-0.15, -0.1) is 6.58 Å². The highest BCUT2D eigenvalue weighted by molar-refractivity contribution is 6.34. The van der Waals surface area contributed by atoms with Crippen molar-refractivity contribution in [2.75, 3.05) is 0 Å². The molecule has 4 heteroatoms. The third-order valence-corrected chi connectivity index (χ3v) is 3.19. The summed E-state index contributed by atoms with van der Waals surface area (Å²) >= 11 is 6.03. The van der Waals surface area contributed by atoms with Crippen LogP contribution in [0.5, 0.6) is 0 Å². The zero-order valence-electron chi connectivity index (χ0n) is 10.7. The molecule has 19 heavy (non-hydrogen) atoms. The Bertz CT molecular complexity index is 625. The fourth-order valence-electron chi connectivity index (χ4n) is 1.95. The molecule has 0 saturated carbocycles. The average Bonchev–Trinajstić information content (AvgIpc) is 2.39. The van der Waals surface area contributed by atoms with Crippen molar-refractivity contribution >= 4 is 28.3 Å².